The topological polar surface area (TPSA) is 61.9 Å². The number of piperazine rings is 1. The molecule has 0 spiro atoms. The van der Waals surface area contributed by atoms with E-state index in [1.807, 2.05) is 36.4 Å². The summed E-state index contributed by atoms with van der Waals surface area (Å²) in [5.41, 5.74) is 3.02. The SMILES string of the molecule is COc1ccc(N2CCN(C=O)CC2)cc1NC(=O)CCCCc1ccccc1. The van der Waals surface area contributed by atoms with Gasteiger partial charge < -0.3 is 19.9 Å². The Hall–Kier alpha value is -3.02. The fraction of sp³-hybridized carbons (Fsp3) is 0.391. The Morgan fingerprint density at radius 2 is 1.83 bits per heavy atom. The average Bonchev–Trinajstić information content (AvgIpc) is 2.77. The van der Waals surface area contributed by atoms with Crippen LogP contribution in [0.5, 0.6) is 5.75 Å². The summed E-state index contributed by atoms with van der Waals surface area (Å²) in [6.45, 7) is 2.97. The van der Waals surface area contributed by atoms with Gasteiger partial charge in [-0.3, -0.25) is 9.59 Å². The normalized spacial score (nSPS) is 13.8. The molecule has 2 aromatic rings. The number of amides is 2. The number of rotatable bonds is 9. The van der Waals surface area contributed by atoms with E-state index < -0.39 is 0 Å². The summed E-state index contributed by atoms with van der Waals surface area (Å²) in [4.78, 5) is 27.3. The summed E-state index contributed by atoms with van der Waals surface area (Å²) < 4.78 is 5.42. The minimum atomic E-state index is -0.000661. The number of methoxy groups -OCH3 is 1. The Kier molecular flexibility index (Phi) is 7.50. The highest BCUT2D eigenvalue weighted by atomic mass is 16.5. The third-order valence-electron chi connectivity index (χ3n) is 5.25. The third kappa shape index (κ3) is 5.98. The molecule has 6 nitrogen and oxygen atoms in total. The molecule has 0 unspecified atom stereocenters. The van der Waals surface area contributed by atoms with Crippen LogP contribution in [0.25, 0.3) is 0 Å². The van der Waals surface area contributed by atoms with Gasteiger partial charge in [-0.05, 0) is 43.0 Å². The molecule has 0 aromatic heterocycles. The molecule has 0 aliphatic carbocycles. The predicted molar refractivity (Wildman–Crippen MR) is 115 cm³/mol. The van der Waals surface area contributed by atoms with E-state index in [0.29, 0.717) is 30.9 Å². The van der Waals surface area contributed by atoms with Crippen molar-refractivity contribution >= 4 is 23.7 Å². The summed E-state index contributed by atoms with van der Waals surface area (Å²) in [6, 6.07) is 16.2. The minimum absolute atomic E-state index is 0.000661. The standard InChI is InChI=1S/C23H29N3O3/c1-29-22-12-11-20(26-15-13-25(18-27)14-16-26)17-21(22)24-23(28)10-6-5-9-19-7-3-2-4-8-19/h2-4,7-8,11-12,17-18H,5-6,9-10,13-16H2,1H3,(H,24,28). The lowest BCUT2D eigenvalue weighted by Gasteiger charge is -2.34. The van der Waals surface area contributed by atoms with Gasteiger partial charge in [-0.2, -0.15) is 0 Å². The zero-order valence-electron chi connectivity index (χ0n) is 17.0. The van der Waals surface area contributed by atoms with Crippen LogP contribution in [0, 0.1) is 0 Å². The highest BCUT2D eigenvalue weighted by molar-refractivity contribution is 5.93. The Morgan fingerprint density at radius 3 is 2.52 bits per heavy atom. The number of unbranched alkanes of at least 4 members (excludes halogenated alkanes) is 1. The van der Waals surface area contributed by atoms with Crippen molar-refractivity contribution in [2.75, 3.05) is 43.5 Å². The molecule has 1 aliphatic heterocycles. The quantitative estimate of drug-likeness (QED) is 0.523. The van der Waals surface area contributed by atoms with Crippen LogP contribution in [0.1, 0.15) is 24.8 Å². The molecular formula is C23H29N3O3. The van der Waals surface area contributed by atoms with Crippen molar-refractivity contribution < 1.29 is 14.3 Å². The molecule has 6 heteroatoms. The smallest absolute Gasteiger partial charge is 0.224 e. The number of carbonyl (C=O) groups excluding carboxylic acids is 2. The van der Waals surface area contributed by atoms with Gasteiger partial charge in [0.2, 0.25) is 12.3 Å². The number of carbonyl (C=O) groups is 2. The summed E-state index contributed by atoms with van der Waals surface area (Å²) in [5, 5.41) is 3.00. The van der Waals surface area contributed by atoms with Crippen molar-refractivity contribution in [1.29, 1.82) is 0 Å². The fourth-order valence-electron chi connectivity index (χ4n) is 3.55. The van der Waals surface area contributed by atoms with Gasteiger partial charge in [0.1, 0.15) is 5.75 Å². The molecule has 29 heavy (non-hydrogen) atoms. The monoisotopic (exact) mass is 395 g/mol. The zero-order chi connectivity index (χ0) is 20.5. The maximum Gasteiger partial charge on any atom is 0.224 e. The van der Waals surface area contributed by atoms with Gasteiger partial charge in [0.25, 0.3) is 0 Å². The second-order valence-electron chi connectivity index (χ2n) is 7.25. The fourth-order valence-corrected chi connectivity index (χ4v) is 3.55. The van der Waals surface area contributed by atoms with E-state index in [0.717, 1.165) is 44.4 Å². The molecule has 1 aliphatic rings. The second-order valence-corrected chi connectivity index (χ2v) is 7.25. The van der Waals surface area contributed by atoms with Crippen molar-refractivity contribution in [3.05, 3.63) is 54.1 Å². The van der Waals surface area contributed by atoms with E-state index in [-0.39, 0.29) is 5.91 Å². The van der Waals surface area contributed by atoms with Crippen molar-refractivity contribution in [2.45, 2.75) is 25.7 Å². The lowest BCUT2D eigenvalue weighted by Crippen LogP contribution is -2.45. The maximum atomic E-state index is 12.4. The number of hydrogen-bond acceptors (Lipinski definition) is 4. The Balaban J connectivity index is 1.53. The predicted octanol–water partition coefficient (Wildman–Crippen LogP) is 3.33. The molecule has 2 amide bonds. The van der Waals surface area contributed by atoms with Gasteiger partial charge in [-0.15, -0.1) is 0 Å². The van der Waals surface area contributed by atoms with Crippen LogP contribution in [-0.4, -0.2) is 50.5 Å². The molecule has 2 aromatic carbocycles. The van der Waals surface area contributed by atoms with Crippen LogP contribution in [0.4, 0.5) is 11.4 Å². The van der Waals surface area contributed by atoms with Crippen molar-refractivity contribution in [3.63, 3.8) is 0 Å². The molecule has 1 N–H and O–H groups in total. The van der Waals surface area contributed by atoms with Gasteiger partial charge in [0, 0.05) is 38.3 Å². The Labute approximate surface area is 172 Å². The lowest BCUT2D eigenvalue weighted by atomic mass is 10.1. The van der Waals surface area contributed by atoms with E-state index in [2.05, 4.69) is 22.3 Å². The first-order chi connectivity index (χ1) is 14.2. The van der Waals surface area contributed by atoms with Crippen LogP contribution >= 0.6 is 0 Å². The van der Waals surface area contributed by atoms with Crippen molar-refractivity contribution in [1.82, 2.24) is 4.90 Å². The highest BCUT2D eigenvalue weighted by Crippen LogP contribution is 2.30. The largest absolute Gasteiger partial charge is 0.495 e. The Morgan fingerprint density at radius 1 is 1.07 bits per heavy atom. The first-order valence-electron chi connectivity index (χ1n) is 10.2. The third-order valence-corrected chi connectivity index (χ3v) is 5.25. The first kappa shape index (κ1) is 20.7. The number of ether oxygens (including phenoxy) is 1. The summed E-state index contributed by atoms with van der Waals surface area (Å²) in [5.74, 6) is 0.650. The number of benzene rings is 2. The van der Waals surface area contributed by atoms with E-state index in [9.17, 15) is 9.59 Å². The maximum absolute atomic E-state index is 12.4. The average molecular weight is 396 g/mol. The molecule has 0 bridgehead atoms. The van der Waals surface area contributed by atoms with E-state index in [4.69, 9.17) is 4.74 Å². The lowest BCUT2D eigenvalue weighted by molar-refractivity contribution is -0.118. The van der Waals surface area contributed by atoms with E-state index in [1.54, 1.807) is 12.0 Å². The first-order valence-corrected chi connectivity index (χ1v) is 10.2. The molecule has 0 radical (unpaired) electrons. The van der Waals surface area contributed by atoms with Crippen LogP contribution in [0.2, 0.25) is 0 Å². The summed E-state index contributed by atoms with van der Waals surface area (Å²) >= 11 is 0. The van der Waals surface area contributed by atoms with Crippen LogP contribution in [0.15, 0.2) is 48.5 Å². The molecule has 0 atom stereocenters. The van der Waals surface area contributed by atoms with Gasteiger partial charge in [0.15, 0.2) is 0 Å². The summed E-state index contributed by atoms with van der Waals surface area (Å²) in [6.07, 6.45) is 4.19. The van der Waals surface area contributed by atoms with E-state index in [1.165, 1.54) is 5.56 Å². The van der Waals surface area contributed by atoms with Gasteiger partial charge in [-0.1, -0.05) is 30.3 Å². The number of hydrogen-bond donors (Lipinski definition) is 1. The molecule has 0 saturated carbocycles. The second kappa shape index (κ2) is 10.5. The van der Waals surface area contributed by atoms with Crippen LogP contribution in [0.3, 0.4) is 0 Å². The molecular weight excluding hydrogens is 366 g/mol. The molecule has 3 rings (SSSR count). The Bertz CT molecular complexity index is 802. The molecule has 1 fully saturated rings. The number of aryl methyl sites for hydroxylation is 1. The van der Waals surface area contributed by atoms with E-state index >= 15 is 0 Å². The molecule has 1 saturated heterocycles. The number of nitrogens with one attached hydrogen (secondary N) is 1. The van der Waals surface area contributed by atoms with Gasteiger partial charge >= 0.3 is 0 Å². The zero-order valence-corrected chi connectivity index (χ0v) is 17.0. The van der Waals surface area contributed by atoms with Crippen molar-refractivity contribution in [3.8, 4) is 5.75 Å². The van der Waals surface area contributed by atoms with Crippen LogP contribution in [-0.2, 0) is 16.0 Å². The number of anilines is 2. The highest BCUT2D eigenvalue weighted by Gasteiger charge is 2.17. The molecule has 1 heterocycles. The minimum Gasteiger partial charge on any atom is -0.495 e. The van der Waals surface area contributed by atoms with Crippen molar-refractivity contribution in [2.24, 2.45) is 0 Å². The van der Waals surface area contributed by atoms with Crippen LogP contribution < -0.4 is 15.0 Å². The van der Waals surface area contributed by atoms with Gasteiger partial charge in [-0.25, -0.2) is 0 Å². The van der Waals surface area contributed by atoms with Gasteiger partial charge in [0.05, 0.1) is 12.8 Å². The molecule has 154 valence electrons. The number of nitrogens with zero attached hydrogens (tertiary/aromatic N) is 2. The summed E-state index contributed by atoms with van der Waals surface area (Å²) in [7, 11) is 1.60.